The van der Waals surface area contributed by atoms with Gasteiger partial charge < -0.3 is 25.4 Å². The number of carbonyl (C=O) groups excluding carboxylic acids is 2. The van der Waals surface area contributed by atoms with E-state index in [9.17, 15) is 9.59 Å². The zero-order valence-corrected chi connectivity index (χ0v) is 17.1. The SMILES string of the molecule is Cc1ccccc1NC(=O)CNc1ccccc1C(=O)NCc1ccc2c(c1)OCO2. The Balaban J connectivity index is 1.35. The lowest BCUT2D eigenvalue weighted by Gasteiger charge is -2.13. The number of fused-ring (bicyclic) bond motifs is 1. The van der Waals surface area contributed by atoms with Crippen LogP contribution in [-0.2, 0) is 11.3 Å². The summed E-state index contributed by atoms with van der Waals surface area (Å²) in [5.74, 6) is 0.951. The highest BCUT2D eigenvalue weighted by atomic mass is 16.7. The molecule has 7 heteroatoms. The third-order valence-corrected chi connectivity index (χ3v) is 4.92. The number of rotatable bonds is 7. The highest BCUT2D eigenvalue weighted by Crippen LogP contribution is 2.32. The van der Waals surface area contributed by atoms with Gasteiger partial charge in [0.05, 0.1) is 12.1 Å². The topological polar surface area (TPSA) is 88.7 Å². The molecule has 0 unspecified atom stereocenters. The lowest BCUT2D eigenvalue weighted by molar-refractivity contribution is -0.114. The summed E-state index contributed by atoms with van der Waals surface area (Å²) in [6, 6.07) is 20.2. The molecule has 0 saturated heterocycles. The normalized spacial score (nSPS) is 11.6. The number of benzene rings is 3. The van der Waals surface area contributed by atoms with Gasteiger partial charge in [0.2, 0.25) is 12.7 Å². The van der Waals surface area contributed by atoms with Gasteiger partial charge >= 0.3 is 0 Å². The van der Waals surface area contributed by atoms with Crippen molar-refractivity contribution in [3.05, 3.63) is 83.4 Å². The summed E-state index contributed by atoms with van der Waals surface area (Å²) in [7, 11) is 0. The summed E-state index contributed by atoms with van der Waals surface area (Å²) in [4.78, 5) is 25.1. The fourth-order valence-electron chi connectivity index (χ4n) is 3.25. The average Bonchev–Trinajstić information content (AvgIpc) is 3.26. The molecule has 3 N–H and O–H groups in total. The van der Waals surface area contributed by atoms with Gasteiger partial charge in [0.1, 0.15) is 0 Å². The van der Waals surface area contributed by atoms with Crippen LogP contribution in [0.5, 0.6) is 11.5 Å². The van der Waals surface area contributed by atoms with Gasteiger partial charge in [-0.25, -0.2) is 0 Å². The molecule has 3 aromatic carbocycles. The summed E-state index contributed by atoms with van der Waals surface area (Å²) in [6.45, 7) is 2.53. The summed E-state index contributed by atoms with van der Waals surface area (Å²) in [5, 5.41) is 8.83. The maximum Gasteiger partial charge on any atom is 0.253 e. The largest absolute Gasteiger partial charge is 0.454 e. The number of aryl methyl sites for hydroxylation is 1. The number of ether oxygens (including phenoxy) is 2. The summed E-state index contributed by atoms with van der Waals surface area (Å²) >= 11 is 0. The molecule has 0 saturated carbocycles. The van der Waals surface area contributed by atoms with E-state index in [-0.39, 0.29) is 25.2 Å². The molecule has 158 valence electrons. The van der Waals surface area contributed by atoms with Crippen molar-refractivity contribution < 1.29 is 19.1 Å². The molecule has 1 aliphatic rings. The quantitative estimate of drug-likeness (QED) is 0.546. The van der Waals surface area contributed by atoms with Crippen molar-refractivity contribution in [1.82, 2.24) is 5.32 Å². The molecule has 0 radical (unpaired) electrons. The Morgan fingerprint density at radius 2 is 1.65 bits per heavy atom. The number of para-hydroxylation sites is 2. The van der Waals surface area contributed by atoms with Crippen molar-refractivity contribution in [3.8, 4) is 11.5 Å². The molecule has 31 heavy (non-hydrogen) atoms. The second-order valence-corrected chi connectivity index (χ2v) is 7.13. The Labute approximate surface area is 180 Å². The van der Waals surface area contributed by atoms with Crippen molar-refractivity contribution in [2.24, 2.45) is 0 Å². The molecule has 0 aliphatic carbocycles. The molecule has 1 heterocycles. The Morgan fingerprint density at radius 1 is 0.903 bits per heavy atom. The van der Waals surface area contributed by atoms with Gasteiger partial charge in [-0.2, -0.15) is 0 Å². The third kappa shape index (κ3) is 4.95. The van der Waals surface area contributed by atoms with Crippen LogP contribution < -0.4 is 25.4 Å². The first-order valence-corrected chi connectivity index (χ1v) is 9.95. The predicted molar refractivity (Wildman–Crippen MR) is 118 cm³/mol. The molecular weight excluding hydrogens is 394 g/mol. The van der Waals surface area contributed by atoms with Gasteiger partial charge in [-0.05, 0) is 48.4 Å². The van der Waals surface area contributed by atoms with E-state index in [4.69, 9.17) is 9.47 Å². The molecule has 3 aromatic rings. The van der Waals surface area contributed by atoms with Crippen LogP contribution in [0.4, 0.5) is 11.4 Å². The van der Waals surface area contributed by atoms with E-state index in [0.717, 1.165) is 16.8 Å². The second-order valence-electron chi connectivity index (χ2n) is 7.13. The zero-order chi connectivity index (χ0) is 21.6. The van der Waals surface area contributed by atoms with Crippen LogP contribution in [0, 0.1) is 6.92 Å². The molecule has 0 fully saturated rings. The monoisotopic (exact) mass is 417 g/mol. The standard InChI is InChI=1S/C24H23N3O4/c1-16-6-2-4-8-19(16)27-23(28)14-25-20-9-5-3-7-18(20)24(29)26-13-17-10-11-21-22(12-17)31-15-30-21/h2-12,25H,13-15H2,1H3,(H,26,29)(H,27,28). The minimum Gasteiger partial charge on any atom is -0.454 e. The molecule has 0 spiro atoms. The van der Waals surface area contributed by atoms with Crippen molar-refractivity contribution in [2.45, 2.75) is 13.5 Å². The minimum absolute atomic E-state index is 0.0424. The highest BCUT2D eigenvalue weighted by molar-refractivity contribution is 6.01. The van der Waals surface area contributed by atoms with Crippen LogP contribution in [0.1, 0.15) is 21.5 Å². The van der Waals surface area contributed by atoms with E-state index in [1.54, 1.807) is 18.2 Å². The van der Waals surface area contributed by atoms with Gasteiger partial charge in [0.15, 0.2) is 11.5 Å². The third-order valence-electron chi connectivity index (χ3n) is 4.92. The van der Waals surface area contributed by atoms with E-state index in [0.29, 0.717) is 29.3 Å². The number of amides is 2. The van der Waals surface area contributed by atoms with E-state index in [1.165, 1.54) is 0 Å². The molecule has 7 nitrogen and oxygen atoms in total. The molecule has 2 amide bonds. The average molecular weight is 417 g/mol. The number of nitrogens with one attached hydrogen (secondary N) is 3. The van der Waals surface area contributed by atoms with Gasteiger partial charge in [-0.3, -0.25) is 9.59 Å². The van der Waals surface area contributed by atoms with Crippen LogP contribution >= 0.6 is 0 Å². The zero-order valence-electron chi connectivity index (χ0n) is 17.1. The summed E-state index contributed by atoms with van der Waals surface area (Å²) in [6.07, 6.45) is 0. The van der Waals surface area contributed by atoms with Crippen molar-refractivity contribution in [1.29, 1.82) is 0 Å². The smallest absolute Gasteiger partial charge is 0.253 e. The summed E-state index contributed by atoms with van der Waals surface area (Å²) < 4.78 is 10.7. The lowest BCUT2D eigenvalue weighted by Crippen LogP contribution is -2.26. The van der Waals surface area contributed by atoms with Crippen LogP contribution in [0.25, 0.3) is 0 Å². The van der Waals surface area contributed by atoms with Crippen molar-refractivity contribution >= 4 is 23.2 Å². The number of anilines is 2. The number of carbonyl (C=O) groups is 2. The van der Waals surface area contributed by atoms with Gasteiger partial charge in [-0.15, -0.1) is 0 Å². The highest BCUT2D eigenvalue weighted by Gasteiger charge is 2.15. The molecule has 4 rings (SSSR count). The van der Waals surface area contributed by atoms with Crippen LogP contribution in [0.3, 0.4) is 0 Å². The minimum atomic E-state index is -0.236. The first kappa shape index (κ1) is 20.3. The maximum absolute atomic E-state index is 12.7. The lowest BCUT2D eigenvalue weighted by atomic mass is 10.1. The van der Waals surface area contributed by atoms with Crippen molar-refractivity contribution in [3.63, 3.8) is 0 Å². The number of hydrogen-bond acceptors (Lipinski definition) is 5. The Kier molecular flexibility index (Phi) is 6.03. The Bertz CT molecular complexity index is 1110. The van der Waals surface area contributed by atoms with E-state index < -0.39 is 0 Å². The van der Waals surface area contributed by atoms with E-state index in [2.05, 4.69) is 16.0 Å². The Hall–Kier alpha value is -4.00. The summed E-state index contributed by atoms with van der Waals surface area (Å²) in [5.41, 5.74) is 3.71. The predicted octanol–water partition coefficient (Wildman–Crippen LogP) is 3.70. The molecule has 0 bridgehead atoms. The van der Waals surface area contributed by atoms with E-state index >= 15 is 0 Å². The molecular formula is C24H23N3O4. The van der Waals surface area contributed by atoms with Crippen LogP contribution in [-0.4, -0.2) is 25.2 Å². The first-order valence-electron chi connectivity index (χ1n) is 9.95. The second kappa shape index (κ2) is 9.21. The molecule has 1 aliphatic heterocycles. The van der Waals surface area contributed by atoms with Crippen LogP contribution in [0.15, 0.2) is 66.7 Å². The maximum atomic E-state index is 12.7. The van der Waals surface area contributed by atoms with Crippen LogP contribution in [0.2, 0.25) is 0 Å². The fraction of sp³-hybridized carbons (Fsp3) is 0.167. The number of hydrogen-bond donors (Lipinski definition) is 3. The Morgan fingerprint density at radius 3 is 2.48 bits per heavy atom. The molecule has 0 atom stereocenters. The molecule has 0 aromatic heterocycles. The van der Waals surface area contributed by atoms with Gasteiger partial charge in [0, 0.05) is 17.9 Å². The van der Waals surface area contributed by atoms with Gasteiger partial charge in [-0.1, -0.05) is 36.4 Å². The van der Waals surface area contributed by atoms with E-state index in [1.807, 2.05) is 55.5 Å². The fourth-order valence-corrected chi connectivity index (χ4v) is 3.25. The van der Waals surface area contributed by atoms with Crippen molar-refractivity contribution in [2.75, 3.05) is 24.0 Å². The van der Waals surface area contributed by atoms with Gasteiger partial charge in [0.25, 0.3) is 5.91 Å². The first-order chi connectivity index (χ1) is 15.1.